The maximum Gasteiger partial charge on any atom is 0.257 e. The maximum absolute atomic E-state index is 12.6. The topological polar surface area (TPSA) is 92.9 Å². The van der Waals surface area contributed by atoms with Crippen molar-refractivity contribution < 1.29 is 18.4 Å². The first-order valence-electron chi connectivity index (χ1n) is 7.92. The second kappa shape index (κ2) is 7.76. The molecule has 7 nitrogen and oxygen atoms in total. The predicted octanol–water partition coefficient (Wildman–Crippen LogP) is 1.97. The van der Waals surface area contributed by atoms with Crippen LogP contribution >= 0.6 is 12.4 Å². The van der Waals surface area contributed by atoms with E-state index in [1.54, 1.807) is 28.9 Å². The molecular formula is C17H22ClN3O4. The van der Waals surface area contributed by atoms with E-state index >= 15 is 0 Å². The van der Waals surface area contributed by atoms with Crippen molar-refractivity contribution in [1.82, 2.24) is 9.80 Å². The summed E-state index contributed by atoms with van der Waals surface area (Å²) in [6.07, 6.45) is 1.43. The maximum atomic E-state index is 12.6. The van der Waals surface area contributed by atoms with E-state index in [2.05, 4.69) is 0 Å². The zero-order valence-electron chi connectivity index (χ0n) is 14.3. The van der Waals surface area contributed by atoms with Gasteiger partial charge in [0.05, 0.1) is 17.7 Å². The van der Waals surface area contributed by atoms with Crippen LogP contribution in [0.3, 0.4) is 0 Å². The molecule has 1 saturated heterocycles. The molecule has 8 heteroatoms. The molecule has 0 unspecified atom stereocenters. The van der Waals surface area contributed by atoms with Crippen molar-refractivity contribution in [2.75, 3.05) is 26.2 Å². The number of rotatable bonds is 3. The van der Waals surface area contributed by atoms with E-state index in [1.807, 2.05) is 6.92 Å². The van der Waals surface area contributed by atoms with Crippen LogP contribution in [-0.4, -0.2) is 47.8 Å². The summed E-state index contributed by atoms with van der Waals surface area (Å²) in [5, 5.41) is 0. The van der Waals surface area contributed by atoms with Crippen molar-refractivity contribution in [3.8, 4) is 0 Å². The highest BCUT2D eigenvalue weighted by molar-refractivity contribution is 5.96. The number of amides is 2. The fraction of sp³-hybridized carbons (Fsp3) is 0.412. The first-order valence-corrected chi connectivity index (χ1v) is 7.92. The molecule has 1 fully saturated rings. The fourth-order valence-corrected chi connectivity index (χ4v) is 2.91. The van der Waals surface area contributed by atoms with Gasteiger partial charge in [0, 0.05) is 26.2 Å². The molecule has 1 aliphatic rings. The van der Waals surface area contributed by atoms with Crippen LogP contribution in [0.15, 0.2) is 27.2 Å². The predicted molar refractivity (Wildman–Crippen MR) is 93.8 cm³/mol. The van der Waals surface area contributed by atoms with E-state index in [0.717, 1.165) is 5.76 Å². The van der Waals surface area contributed by atoms with Crippen molar-refractivity contribution in [3.05, 3.63) is 46.8 Å². The number of piperazine rings is 1. The second-order valence-corrected chi connectivity index (χ2v) is 5.92. The Morgan fingerprint density at radius 2 is 1.68 bits per heavy atom. The van der Waals surface area contributed by atoms with Crippen molar-refractivity contribution >= 4 is 24.2 Å². The summed E-state index contributed by atoms with van der Waals surface area (Å²) in [6.45, 7) is 5.84. The van der Waals surface area contributed by atoms with Crippen LogP contribution in [0.25, 0.3) is 0 Å². The van der Waals surface area contributed by atoms with Crippen molar-refractivity contribution in [3.63, 3.8) is 0 Å². The van der Waals surface area contributed by atoms with Gasteiger partial charge in [-0.2, -0.15) is 0 Å². The van der Waals surface area contributed by atoms with Crippen LogP contribution in [0, 0.1) is 13.8 Å². The molecule has 0 aromatic carbocycles. The zero-order valence-corrected chi connectivity index (χ0v) is 15.1. The molecule has 0 radical (unpaired) electrons. The van der Waals surface area contributed by atoms with Gasteiger partial charge in [-0.05, 0) is 26.0 Å². The molecule has 3 heterocycles. The number of aryl methyl sites for hydroxylation is 2. The number of furan rings is 2. The van der Waals surface area contributed by atoms with Crippen molar-refractivity contribution in [2.24, 2.45) is 5.73 Å². The Morgan fingerprint density at radius 1 is 1.08 bits per heavy atom. The quantitative estimate of drug-likeness (QED) is 0.895. The third kappa shape index (κ3) is 3.88. The highest BCUT2D eigenvalue weighted by Crippen LogP contribution is 2.18. The zero-order chi connectivity index (χ0) is 17.3. The van der Waals surface area contributed by atoms with Gasteiger partial charge in [-0.15, -0.1) is 12.4 Å². The highest BCUT2D eigenvalue weighted by Gasteiger charge is 2.27. The Balaban J connectivity index is 0.00000225. The number of carbonyl (C=O) groups is 2. The average molecular weight is 368 g/mol. The summed E-state index contributed by atoms with van der Waals surface area (Å²) in [5.74, 6) is 1.79. The number of nitrogens with two attached hydrogens (primary N) is 1. The van der Waals surface area contributed by atoms with Gasteiger partial charge in [0.15, 0.2) is 0 Å². The van der Waals surface area contributed by atoms with Gasteiger partial charge in [-0.3, -0.25) is 9.59 Å². The molecule has 2 aromatic rings. The molecule has 3 rings (SSSR count). The molecule has 2 aromatic heterocycles. The first kappa shape index (κ1) is 19.1. The van der Waals surface area contributed by atoms with Crippen LogP contribution in [0.5, 0.6) is 0 Å². The van der Waals surface area contributed by atoms with E-state index < -0.39 is 0 Å². The number of hydrogen-bond acceptors (Lipinski definition) is 5. The first-order chi connectivity index (χ1) is 11.5. The van der Waals surface area contributed by atoms with Gasteiger partial charge in [-0.25, -0.2) is 0 Å². The van der Waals surface area contributed by atoms with E-state index in [9.17, 15) is 9.59 Å². The highest BCUT2D eigenvalue weighted by atomic mass is 35.5. The standard InChI is InChI=1S/C17H21N3O4.ClH/c1-11-7-15(12(2)24-11)17(22)20-5-3-19(4-6-20)16(21)13-8-14(9-18)23-10-13;/h7-8,10H,3-6,9,18H2,1-2H3;1H. The third-order valence-electron chi connectivity index (χ3n) is 4.23. The number of halogens is 1. The molecule has 136 valence electrons. The lowest BCUT2D eigenvalue weighted by atomic mass is 10.2. The van der Waals surface area contributed by atoms with Crippen LogP contribution in [0.2, 0.25) is 0 Å². The largest absolute Gasteiger partial charge is 0.467 e. The SMILES string of the molecule is Cc1cc(C(=O)N2CCN(C(=O)c3coc(CN)c3)CC2)c(C)o1.Cl. The molecule has 1 aliphatic heterocycles. The molecule has 2 amide bonds. The normalized spacial score (nSPS) is 14.4. The molecular weight excluding hydrogens is 346 g/mol. The Morgan fingerprint density at radius 3 is 2.16 bits per heavy atom. The lowest BCUT2D eigenvalue weighted by molar-refractivity contribution is 0.0534. The van der Waals surface area contributed by atoms with E-state index in [-0.39, 0.29) is 30.8 Å². The van der Waals surface area contributed by atoms with Crippen LogP contribution in [0.1, 0.15) is 38.0 Å². The Kier molecular flexibility index (Phi) is 5.92. The lowest BCUT2D eigenvalue weighted by Gasteiger charge is -2.34. The Labute approximate surface area is 152 Å². The smallest absolute Gasteiger partial charge is 0.257 e. The monoisotopic (exact) mass is 367 g/mol. The van der Waals surface area contributed by atoms with E-state index in [4.69, 9.17) is 14.6 Å². The van der Waals surface area contributed by atoms with Crippen molar-refractivity contribution in [1.29, 1.82) is 0 Å². The average Bonchev–Trinajstić information content (AvgIpc) is 3.20. The van der Waals surface area contributed by atoms with Gasteiger partial charge >= 0.3 is 0 Å². The summed E-state index contributed by atoms with van der Waals surface area (Å²) in [4.78, 5) is 28.5. The fourth-order valence-electron chi connectivity index (χ4n) is 2.91. The molecule has 0 aliphatic carbocycles. The van der Waals surface area contributed by atoms with Crippen molar-refractivity contribution in [2.45, 2.75) is 20.4 Å². The van der Waals surface area contributed by atoms with E-state index in [1.165, 1.54) is 6.26 Å². The summed E-state index contributed by atoms with van der Waals surface area (Å²) in [5.41, 5.74) is 6.58. The second-order valence-electron chi connectivity index (χ2n) is 5.92. The number of nitrogens with zero attached hydrogens (tertiary/aromatic N) is 2. The molecule has 0 bridgehead atoms. The van der Waals surface area contributed by atoms with Crippen LogP contribution < -0.4 is 5.73 Å². The van der Waals surface area contributed by atoms with E-state index in [0.29, 0.717) is 48.8 Å². The Hall–Kier alpha value is -2.25. The van der Waals surface area contributed by atoms with Gasteiger partial charge < -0.3 is 24.4 Å². The number of carbonyl (C=O) groups excluding carboxylic acids is 2. The minimum atomic E-state index is -0.0964. The number of hydrogen-bond donors (Lipinski definition) is 1. The minimum absolute atomic E-state index is 0. The molecule has 0 spiro atoms. The Bertz CT molecular complexity index is 760. The lowest BCUT2D eigenvalue weighted by Crippen LogP contribution is -2.50. The summed E-state index contributed by atoms with van der Waals surface area (Å²) < 4.78 is 10.6. The van der Waals surface area contributed by atoms with Gasteiger partial charge in [0.2, 0.25) is 0 Å². The van der Waals surface area contributed by atoms with Gasteiger partial charge in [0.1, 0.15) is 23.5 Å². The van der Waals surface area contributed by atoms with Gasteiger partial charge in [-0.1, -0.05) is 0 Å². The summed E-state index contributed by atoms with van der Waals surface area (Å²) in [6, 6.07) is 3.42. The molecule has 0 atom stereocenters. The molecule has 25 heavy (non-hydrogen) atoms. The molecule has 2 N–H and O–H groups in total. The summed E-state index contributed by atoms with van der Waals surface area (Å²) in [7, 11) is 0. The van der Waals surface area contributed by atoms with Crippen LogP contribution in [0.4, 0.5) is 0 Å². The minimum Gasteiger partial charge on any atom is -0.467 e. The van der Waals surface area contributed by atoms with Gasteiger partial charge in [0.25, 0.3) is 11.8 Å². The molecule has 0 saturated carbocycles. The van der Waals surface area contributed by atoms with Crippen LogP contribution in [-0.2, 0) is 6.54 Å². The third-order valence-corrected chi connectivity index (χ3v) is 4.23. The summed E-state index contributed by atoms with van der Waals surface area (Å²) >= 11 is 0.